The molecule has 1 unspecified atom stereocenters. The number of aliphatic hydroxyl groups excluding tert-OH is 1. The molecule has 0 aliphatic rings. The first-order valence-electron chi connectivity index (χ1n) is 5.98. The maximum absolute atomic E-state index is 12.0. The molecular weight excluding hydrogens is 260 g/mol. The van der Waals surface area contributed by atoms with Gasteiger partial charge in [-0.25, -0.2) is 0 Å². The summed E-state index contributed by atoms with van der Waals surface area (Å²) >= 11 is 0. The molecule has 0 spiro atoms. The van der Waals surface area contributed by atoms with Crippen LogP contribution in [0, 0.1) is 0 Å². The van der Waals surface area contributed by atoms with Crippen LogP contribution in [0.1, 0.15) is 10.6 Å². The molecule has 4 N–H and O–H groups in total. The van der Waals surface area contributed by atoms with Crippen molar-refractivity contribution in [3.05, 3.63) is 48.4 Å². The van der Waals surface area contributed by atoms with E-state index in [9.17, 15) is 14.7 Å². The fourth-order valence-electron chi connectivity index (χ4n) is 1.70. The summed E-state index contributed by atoms with van der Waals surface area (Å²) < 4.78 is 5.16. The van der Waals surface area contributed by atoms with Crippen molar-refractivity contribution < 1.29 is 19.1 Å². The number of benzene rings is 1. The number of aliphatic hydroxyl groups is 1. The third kappa shape index (κ3) is 3.04. The van der Waals surface area contributed by atoms with Crippen molar-refractivity contribution >= 4 is 11.8 Å². The number of primary amides is 1. The van der Waals surface area contributed by atoms with E-state index in [2.05, 4.69) is 5.32 Å². The number of carbonyl (C=O) groups excluding carboxylic acids is 2. The van der Waals surface area contributed by atoms with E-state index in [0.717, 1.165) is 5.56 Å². The molecule has 20 heavy (non-hydrogen) atoms. The van der Waals surface area contributed by atoms with E-state index in [-0.39, 0.29) is 12.3 Å². The smallest absolute Gasteiger partial charge is 0.287 e. The van der Waals surface area contributed by atoms with Gasteiger partial charge in [0, 0.05) is 5.56 Å². The number of furan rings is 1. The van der Waals surface area contributed by atoms with E-state index in [1.54, 1.807) is 6.07 Å². The lowest BCUT2D eigenvalue weighted by atomic mass is 10.1. The lowest BCUT2D eigenvalue weighted by Gasteiger charge is -2.08. The van der Waals surface area contributed by atoms with Gasteiger partial charge in [0.15, 0.2) is 5.76 Å². The Kier molecular flexibility index (Phi) is 4.17. The average Bonchev–Trinajstić information content (AvgIpc) is 2.94. The van der Waals surface area contributed by atoms with Gasteiger partial charge in [0.1, 0.15) is 6.10 Å². The topological polar surface area (TPSA) is 106 Å². The maximum Gasteiger partial charge on any atom is 0.287 e. The van der Waals surface area contributed by atoms with Crippen molar-refractivity contribution in [1.82, 2.24) is 5.32 Å². The number of hydrogen-bond acceptors (Lipinski definition) is 4. The monoisotopic (exact) mass is 274 g/mol. The summed E-state index contributed by atoms with van der Waals surface area (Å²) in [5.74, 6) is -1.30. The number of amides is 2. The van der Waals surface area contributed by atoms with Crippen LogP contribution in [-0.4, -0.2) is 29.6 Å². The molecule has 6 heteroatoms. The Morgan fingerprint density at radius 1 is 1.25 bits per heavy atom. The third-order valence-electron chi connectivity index (χ3n) is 2.74. The first-order chi connectivity index (χ1) is 9.59. The predicted molar refractivity (Wildman–Crippen MR) is 71.7 cm³/mol. The van der Waals surface area contributed by atoms with E-state index >= 15 is 0 Å². The number of nitrogens with one attached hydrogen (secondary N) is 1. The minimum atomic E-state index is -1.42. The van der Waals surface area contributed by atoms with Gasteiger partial charge >= 0.3 is 0 Å². The van der Waals surface area contributed by atoms with Crippen LogP contribution in [0.25, 0.3) is 11.1 Å². The van der Waals surface area contributed by atoms with Gasteiger partial charge < -0.3 is 20.6 Å². The van der Waals surface area contributed by atoms with E-state index in [0.29, 0.717) is 5.56 Å². The molecule has 1 aromatic heterocycles. The zero-order chi connectivity index (χ0) is 14.5. The van der Waals surface area contributed by atoms with Gasteiger partial charge in [-0.15, -0.1) is 0 Å². The highest BCUT2D eigenvalue weighted by molar-refractivity contribution is 5.98. The Morgan fingerprint density at radius 2 is 1.95 bits per heavy atom. The van der Waals surface area contributed by atoms with Crippen LogP contribution in [0.5, 0.6) is 0 Å². The van der Waals surface area contributed by atoms with Crippen LogP contribution in [0.2, 0.25) is 0 Å². The molecule has 104 valence electrons. The number of rotatable bonds is 5. The zero-order valence-corrected chi connectivity index (χ0v) is 10.6. The van der Waals surface area contributed by atoms with Gasteiger partial charge in [0.2, 0.25) is 5.91 Å². The van der Waals surface area contributed by atoms with Gasteiger partial charge in [-0.1, -0.05) is 30.3 Å². The standard InChI is InChI=1S/C14H14N2O4/c15-13(18)11(17)8-16-14(19)12-10(6-7-20-12)9-4-2-1-3-5-9/h1-7,11,17H,8H2,(H2,15,18)(H,16,19). The first-order valence-corrected chi connectivity index (χ1v) is 5.98. The van der Waals surface area contributed by atoms with E-state index in [1.165, 1.54) is 6.26 Å². The van der Waals surface area contributed by atoms with Crippen LogP contribution in [-0.2, 0) is 4.79 Å². The van der Waals surface area contributed by atoms with Crippen LogP contribution in [0.15, 0.2) is 47.1 Å². The summed E-state index contributed by atoms with van der Waals surface area (Å²) in [5.41, 5.74) is 6.37. The van der Waals surface area contributed by atoms with Crippen molar-refractivity contribution in [3.8, 4) is 11.1 Å². The molecule has 1 heterocycles. The second kappa shape index (κ2) is 6.03. The van der Waals surface area contributed by atoms with Crippen LogP contribution in [0.4, 0.5) is 0 Å². The molecule has 0 bridgehead atoms. The highest BCUT2D eigenvalue weighted by Gasteiger charge is 2.18. The molecule has 0 fully saturated rings. The van der Waals surface area contributed by atoms with Crippen molar-refractivity contribution in [3.63, 3.8) is 0 Å². The minimum absolute atomic E-state index is 0.118. The summed E-state index contributed by atoms with van der Waals surface area (Å²) in [4.78, 5) is 22.6. The normalized spacial score (nSPS) is 11.8. The van der Waals surface area contributed by atoms with Crippen molar-refractivity contribution in [2.75, 3.05) is 6.54 Å². The van der Waals surface area contributed by atoms with Crippen LogP contribution in [0.3, 0.4) is 0 Å². The SMILES string of the molecule is NC(=O)C(O)CNC(=O)c1occc1-c1ccccc1. The summed E-state index contributed by atoms with van der Waals surface area (Å²) in [6.45, 7) is -0.261. The Hall–Kier alpha value is -2.60. The Bertz CT molecular complexity index is 607. The van der Waals surface area contributed by atoms with Crippen molar-refractivity contribution in [2.24, 2.45) is 5.73 Å². The summed E-state index contributed by atoms with van der Waals surface area (Å²) in [6.07, 6.45) is -0.0176. The Morgan fingerprint density at radius 3 is 2.60 bits per heavy atom. The van der Waals surface area contributed by atoms with Crippen molar-refractivity contribution in [1.29, 1.82) is 0 Å². The first kappa shape index (κ1) is 13.8. The molecule has 0 aliphatic heterocycles. The second-order valence-corrected chi connectivity index (χ2v) is 4.16. The molecule has 2 amide bonds. The lowest BCUT2D eigenvalue weighted by Crippen LogP contribution is -2.40. The highest BCUT2D eigenvalue weighted by atomic mass is 16.3. The van der Waals surface area contributed by atoms with Gasteiger partial charge in [-0.05, 0) is 11.6 Å². The summed E-state index contributed by atoms with van der Waals surface area (Å²) in [7, 11) is 0. The van der Waals surface area contributed by atoms with Crippen LogP contribution >= 0.6 is 0 Å². The number of carbonyl (C=O) groups is 2. The van der Waals surface area contributed by atoms with E-state index in [4.69, 9.17) is 10.2 Å². The quantitative estimate of drug-likeness (QED) is 0.739. The summed E-state index contributed by atoms with van der Waals surface area (Å²) in [6, 6.07) is 10.9. The van der Waals surface area contributed by atoms with Crippen molar-refractivity contribution in [2.45, 2.75) is 6.10 Å². The highest BCUT2D eigenvalue weighted by Crippen LogP contribution is 2.24. The molecule has 0 radical (unpaired) electrons. The summed E-state index contributed by atoms with van der Waals surface area (Å²) in [5, 5.41) is 11.6. The molecule has 0 aliphatic carbocycles. The fraction of sp³-hybridized carbons (Fsp3) is 0.143. The molecule has 0 saturated heterocycles. The molecule has 2 rings (SSSR count). The Balaban J connectivity index is 2.12. The number of hydrogen-bond donors (Lipinski definition) is 3. The van der Waals surface area contributed by atoms with Gasteiger partial charge in [0.05, 0.1) is 12.8 Å². The van der Waals surface area contributed by atoms with E-state index in [1.807, 2.05) is 30.3 Å². The molecule has 2 aromatic rings. The molecule has 1 atom stereocenters. The zero-order valence-electron chi connectivity index (χ0n) is 10.6. The maximum atomic E-state index is 12.0. The molecule has 0 saturated carbocycles. The molecule has 6 nitrogen and oxygen atoms in total. The third-order valence-corrected chi connectivity index (χ3v) is 2.74. The van der Waals surface area contributed by atoms with Gasteiger partial charge in [0.25, 0.3) is 5.91 Å². The number of nitrogens with two attached hydrogens (primary N) is 1. The van der Waals surface area contributed by atoms with Gasteiger partial charge in [-0.3, -0.25) is 9.59 Å². The van der Waals surface area contributed by atoms with E-state index < -0.39 is 17.9 Å². The largest absolute Gasteiger partial charge is 0.459 e. The predicted octanol–water partition coefficient (Wildman–Crippen LogP) is 0.523. The molecular formula is C14H14N2O4. The van der Waals surface area contributed by atoms with Crippen LogP contribution < -0.4 is 11.1 Å². The average molecular weight is 274 g/mol. The van der Waals surface area contributed by atoms with Gasteiger partial charge in [-0.2, -0.15) is 0 Å². The second-order valence-electron chi connectivity index (χ2n) is 4.16. The Labute approximate surface area is 115 Å². The fourth-order valence-corrected chi connectivity index (χ4v) is 1.70. The molecule has 1 aromatic carbocycles. The minimum Gasteiger partial charge on any atom is -0.459 e. The lowest BCUT2D eigenvalue weighted by molar-refractivity contribution is -0.125.